The molecular weight excluding hydrogens is 506 g/mol. The molecule has 1 aliphatic heterocycles. The fourth-order valence-electron chi connectivity index (χ4n) is 4.07. The Kier molecular flexibility index (Phi) is 10.2. The molecule has 11 heteroatoms. The Morgan fingerprint density at radius 3 is 2.16 bits per heavy atom. The van der Waals surface area contributed by atoms with Crippen LogP contribution in [0.5, 0.6) is 5.75 Å². The van der Waals surface area contributed by atoms with Gasteiger partial charge in [-0.05, 0) is 80.0 Å². The van der Waals surface area contributed by atoms with Crippen LogP contribution in [-0.2, 0) is 4.74 Å². The minimum absolute atomic E-state index is 0. The van der Waals surface area contributed by atoms with E-state index in [4.69, 9.17) is 4.74 Å². The summed E-state index contributed by atoms with van der Waals surface area (Å²) in [6.07, 6.45) is 3.99. The third kappa shape index (κ3) is 7.86. The van der Waals surface area contributed by atoms with Crippen LogP contribution in [0.1, 0.15) is 34.9 Å². The number of benzene rings is 2. The first-order valence-electron chi connectivity index (χ1n) is 11.5. The van der Waals surface area contributed by atoms with Crippen molar-refractivity contribution in [1.29, 1.82) is 0 Å². The second-order valence-corrected chi connectivity index (χ2v) is 8.22. The van der Waals surface area contributed by atoms with E-state index < -0.39 is 24.7 Å². The highest BCUT2D eigenvalue weighted by Crippen LogP contribution is 2.33. The number of para-hydroxylation sites is 2. The van der Waals surface area contributed by atoms with Crippen molar-refractivity contribution >= 4 is 35.8 Å². The number of rotatable bonds is 8. The first-order chi connectivity index (χ1) is 17.5. The van der Waals surface area contributed by atoms with Gasteiger partial charge in [0.2, 0.25) is 0 Å². The fraction of sp³-hybridized carbons (Fsp3) is 0.269. The van der Waals surface area contributed by atoms with Crippen molar-refractivity contribution in [2.75, 3.05) is 23.7 Å². The number of hydrogen-bond donors (Lipinski definition) is 3. The summed E-state index contributed by atoms with van der Waals surface area (Å²) in [5.41, 5.74) is 1.81. The maximum absolute atomic E-state index is 12.9. The van der Waals surface area contributed by atoms with E-state index in [0.29, 0.717) is 11.4 Å². The zero-order chi connectivity index (χ0) is 25.3. The average molecular weight is 533 g/mol. The molecule has 0 saturated carbocycles. The molecule has 1 aromatic heterocycles. The van der Waals surface area contributed by atoms with Crippen LogP contribution < -0.4 is 20.7 Å². The molecule has 0 spiro atoms. The molecule has 1 fully saturated rings. The van der Waals surface area contributed by atoms with Gasteiger partial charge in [0.05, 0.1) is 11.4 Å². The van der Waals surface area contributed by atoms with E-state index in [0.717, 1.165) is 31.5 Å². The van der Waals surface area contributed by atoms with Crippen molar-refractivity contribution in [3.63, 3.8) is 0 Å². The van der Waals surface area contributed by atoms with Crippen LogP contribution in [0.15, 0.2) is 73.1 Å². The number of amides is 2. The summed E-state index contributed by atoms with van der Waals surface area (Å²) in [6.45, 7) is -1.25. The first kappa shape index (κ1) is 27.8. The van der Waals surface area contributed by atoms with Gasteiger partial charge < -0.3 is 20.1 Å². The molecule has 196 valence electrons. The number of halogens is 3. The normalized spacial score (nSPS) is 14.2. The van der Waals surface area contributed by atoms with E-state index in [1.807, 2.05) is 12.1 Å². The largest absolute Gasteiger partial charge is 0.441 e. The second-order valence-electron chi connectivity index (χ2n) is 8.22. The number of piperidine rings is 1. The van der Waals surface area contributed by atoms with Gasteiger partial charge in [0.1, 0.15) is 11.9 Å². The van der Waals surface area contributed by atoms with Crippen molar-refractivity contribution in [3.8, 4) is 5.75 Å². The van der Waals surface area contributed by atoms with Crippen LogP contribution in [0.2, 0.25) is 0 Å². The van der Waals surface area contributed by atoms with Crippen molar-refractivity contribution < 1.29 is 27.8 Å². The summed E-state index contributed by atoms with van der Waals surface area (Å²) in [5, 5.41) is 8.77. The molecule has 2 amide bonds. The Balaban J connectivity index is 0.00000380. The monoisotopic (exact) mass is 532 g/mol. The topological polar surface area (TPSA) is 102 Å². The SMILES string of the molecule is Cl.O=C(Nc1ccccc1NC(=O)c1ccc(OC(F)F)cc1)OC(c1ccncc1)C1CCNCC1. The fourth-order valence-corrected chi connectivity index (χ4v) is 4.07. The maximum Gasteiger partial charge on any atom is 0.412 e. The smallest absolute Gasteiger partial charge is 0.412 e. The zero-order valence-corrected chi connectivity index (χ0v) is 20.5. The quantitative estimate of drug-likeness (QED) is 0.347. The molecule has 0 bridgehead atoms. The van der Waals surface area contributed by atoms with E-state index in [9.17, 15) is 18.4 Å². The van der Waals surface area contributed by atoms with Gasteiger partial charge in [0.25, 0.3) is 5.91 Å². The number of aromatic nitrogens is 1. The van der Waals surface area contributed by atoms with Gasteiger partial charge in [-0.15, -0.1) is 12.4 Å². The third-order valence-electron chi connectivity index (χ3n) is 5.83. The summed E-state index contributed by atoms with van der Waals surface area (Å²) in [7, 11) is 0. The molecule has 2 aromatic carbocycles. The molecule has 3 aromatic rings. The lowest BCUT2D eigenvalue weighted by atomic mass is 9.88. The number of pyridine rings is 1. The predicted octanol–water partition coefficient (Wildman–Crippen LogP) is 5.65. The Labute approximate surface area is 219 Å². The number of ether oxygens (including phenoxy) is 2. The third-order valence-corrected chi connectivity index (χ3v) is 5.83. The van der Waals surface area contributed by atoms with Gasteiger partial charge in [-0.1, -0.05) is 12.1 Å². The zero-order valence-electron chi connectivity index (χ0n) is 19.7. The number of anilines is 2. The molecule has 8 nitrogen and oxygen atoms in total. The van der Waals surface area contributed by atoms with E-state index in [1.165, 1.54) is 24.3 Å². The minimum atomic E-state index is -2.95. The Hall–Kier alpha value is -3.76. The second kappa shape index (κ2) is 13.5. The number of hydrogen-bond acceptors (Lipinski definition) is 6. The standard InChI is InChI=1S/C26H26F2N4O4.ClH/c27-25(28)35-20-7-5-19(6-8-20)24(33)31-21-3-1-2-4-22(21)32-26(34)36-23(17-9-13-29-14-10-17)18-11-15-30-16-12-18;/h1-10,13-14,18,23,25,30H,11-12,15-16H2,(H,31,33)(H,32,34);1H. The van der Waals surface area contributed by atoms with Crippen molar-refractivity contribution in [2.24, 2.45) is 5.92 Å². The molecule has 3 N–H and O–H groups in total. The molecular formula is C26H27ClF2N4O4. The number of nitrogens with one attached hydrogen (secondary N) is 3. The summed E-state index contributed by atoms with van der Waals surface area (Å²) in [6, 6.07) is 15.7. The summed E-state index contributed by atoms with van der Waals surface area (Å²) in [4.78, 5) is 29.7. The summed E-state index contributed by atoms with van der Waals surface area (Å²) in [5.74, 6) is -0.374. The van der Waals surface area contributed by atoms with Crippen LogP contribution in [0.3, 0.4) is 0 Å². The van der Waals surface area contributed by atoms with Crippen LogP contribution in [-0.4, -0.2) is 36.7 Å². The molecule has 4 rings (SSSR count). The highest BCUT2D eigenvalue weighted by Gasteiger charge is 2.28. The number of carbonyl (C=O) groups is 2. The highest BCUT2D eigenvalue weighted by atomic mass is 35.5. The van der Waals surface area contributed by atoms with E-state index in [2.05, 4.69) is 25.7 Å². The van der Waals surface area contributed by atoms with Crippen LogP contribution in [0.25, 0.3) is 0 Å². The predicted molar refractivity (Wildman–Crippen MR) is 137 cm³/mol. The number of alkyl halides is 2. The van der Waals surface area contributed by atoms with Gasteiger partial charge in [-0.3, -0.25) is 15.1 Å². The first-order valence-corrected chi connectivity index (χ1v) is 11.5. The Morgan fingerprint density at radius 2 is 1.54 bits per heavy atom. The van der Waals surface area contributed by atoms with Crippen LogP contribution in [0.4, 0.5) is 25.0 Å². The van der Waals surface area contributed by atoms with Gasteiger partial charge in [0.15, 0.2) is 0 Å². The molecule has 0 radical (unpaired) electrons. The van der Waals surface area contributed by atoms with E-state index in [1.54, 1.807) is 36.7 Å². The lowest BCUT2D eigenvalue weighted by Gasteiger charge is -2.30. The summed E-state index contributed by atoms with van der Waals surface area (Å²) < 4.78 is 34.9. The van der Waals surface area contributed by atoms with Crippen LogP contribution in [0, 0.1) is 5.92 Å². The number of nitrogens with zero attached hydrogens (tertiary/aromatic N) is 1. The molecule has 1 unspecified atom stereocenters. The lowest BCUT2D eigenvalue weighted by molar-refractivity contribution is -0.0498. The minimum Gasteiger partial charge on any atom is -0.441 e. The molecule has 37 heavy (non-hydrogen) atoms. The Morgan fingerprint density at radius 1 is 0.919 bits per heavy atom. The summed E-state index contributed by atoms with van der Waals surface area (Å²) >= 11 is 0. The van der Waals surface area contributed by atoms with Gasteiger partial charge in [0, 0.05) is 23.9 Å². The highest BCUT2D eigenvalue weighted by molar-refractivity contribution is 6.06. The Bertz CT molecular complexity index is 1160. The lowest BCUT2D eigenvalue weighted by Crippen LogP contribution is -2.33. The molecule has 1 atom stereocenters. The van der Waals surface area contributed by atoms with Crippen molar-refractivity contribution in [1.82, 2.24) is 10.3 Å². The molecule has 1 saturated heterocycles. The molecule has 1 aliphatic rings. The van der Waals surface area contributed by atoms with Gasteiger partial charge in [-0.25, -0.2) is 4.79 Å². The average Bonchev–Trinajstić information content (AvgIpc) is 2.89. The van der Waals surface area contributed by atoms with E-state index in [-0.39, 0.29) is 29.6 Å². The molecule has 2 heterocycles. The van der Waals surface area contributed by atoms with Gasteiger partial charge >= 0.3 is 12.7 Å². The van der Waals surface area contributed by atoms with Crippen LogP contribution >= 0.6 is 12.4 Å². The molecule has 0 aliphatic carbocycles. The van der Waals surface area contributed by atoms with Crippen molar-refractivity contribution in [3.05, 3.63) is 84.2 Å². The maximum atomic E-state index is 12.9. The van der Waals surface area contributed by atoms with E-state index >= 15 is 0 Å². The van der Waals surface area contributed by atoms with Gasteiger partial charge in [-0.2, -0.15) is 8.78 Å². The number of carbonyl (C=O) groups excluding carboxylic acids is 2. The van der Waals surface area contributed by atoms with Crippen molar-refractivity contribution in [2.45, 2.75) is 25.6 Å².